The van der Waals surface area contributed by atoms with Crippen LogP contribution in [0.2, 0.25) is 0 Å². The van der Waals surface area contributed by atoms with Crippen LogP contribution in [0.1, 0.15) is 11.1 Å². The van der Waals surface area contributed by atoms with Crippen molar-refractivity contribution in [1.82, 2.24) is 20.1 Å². The average Bonchev–Trinajstić information content (AvgIpc) is 3.10. The van der Waals surface area contributed by atoms with Gasteiger partial charge in [-0.05, 0) is 35.4 Å². The molecule has 1 N–H and O–H groups in total. The number of hydrogen-bond acceptors (Lipinski definition) is 4. The lowest BCUT2D eigenvalue weighted by Crippen LogP contribution is -2.14. The third-order valence-corrected chi connectivity index (χ3v) is 3.70. The Labute approximate surface area is 136 Å². The van der Waals surface area contributed by atoms with Gasteiger partial charge in [0.1, 0.15) is 12.7 Å². The van der Waals surface area contributed by atoms with Crippen molar-refractivity contribution < 1.29 is 0 Å². The van der Waals surface area contributed by atoms with Crippen molar-refractivity contribution in [3.63, 3.8) is 0 Å². The van der Waals surface area contributed by atoms with Gasteiger partial charge in [-0.25, -0.2) is 9.67 Å². The first-order chi connectivity index (χ1) is 11.2. The number of nitrogens with zero attached hydrogens (tertiary/aromatic N) is 4. The molecule has 5 heteroatoms. The summed E-state index contributed by atoms with van der Waals surface area (Å²) >= 11 is 0. The monoisotopic (exact) mass is 307 g/mol. The predicted molar refractivity (Wildman–Crippen MR) is 92.7 cm³/mol. The van der Waals surface area contributed by atoms with E-state index in [-0.39, 0.29) is 0 Å². The zero-order valence-electron chi connectivity index (χ0n) is 13.5. The molecule has 0 fully saturated rings. The summed E-state index contributed by atoms with van der Waals surface area (Å²) in [6.07, 6.45) is 3.24. The topological polar surface area (TPSA) is 46.0 Å². The van der Waals surface area contributed by atoms with E-state index in [1.807, 2.05) is 0 Å². The molecule has 1 aromatic heterocycles. The van der Waals surface area contributed by atoms with Crippen LogP contribution < -0.4 is 10.2 Å². The first-order valence-electron chi connectivity index (χ1n) is 7.63. The average molecular weight is 307 g/mol. The molecule has 0 aliphatic carbocycles. The lowest BCUT2D eigenvalue weighted by atomic mass is 10.1. The van der Waals surface area contributed by atoms with Gasteiger partial charge >= 0.3 is 0 Å². The van der Waals surface area contributed by atoms with Gasteiger partial charge in [0.05, 0.1) is 5.69 Å². The Hall–Kier alpha value is -2.66. The van der Waals surface area contributed by atoms with Gasteiger partial charge in [-0.2, -0.15) is 5.10 Å². The van der Waals surface area contributed by atoms with E-state index in [1.165, 1.54) is 23.1 Å². The largest absolute Gasteiger partial charge is 0.378 e. The van der Waals surface area contributed by atoms with Crippen LogP contribution in [0.25, 0.3) is 5.69 Å². The van der Waals surface area contributed by atoms with Crippen molar-refractivity contribution in [2.75, 3.05) is 19.0 Å². The van der Waals surface area contributed by atoms with E-state index in [0.717, 1.165) is 18.8 Å². The van der Waals surface area contributed by atoms with E-state index in [1.54, 1.807) is 11.0 Å². The Morgan fingerprint density at radius 2 is 1.78 bits per heavy atom. The smallest absolute Gasteiger partial charge is 0.138 e. The van der Waals surface area contributed by atoms with Crippen molar-refractivity contribution in [3.8, 4) is 5.69 Å². The fourth-order valence-corrected chi connectivity index (χ4v) is 2.40. The lowest BCUT2D eigenvalue weighted by molar-refractivity contribution is 0.693. The minimum absolute atomic E-state index is 0.837. The molecule has 0 amide bonds. The summed E-state index contributed by atoms with van der Waals surface area (Å²) < 4.78 is 1.75. The Bertz CT molecular complexity index is 732. The molecule has 1 heterocycles. The van der Waals surface area contributed by atoms with E-state index in [9.17, 15) is 0 Å². The maximum absolute atomic E-state index is 4.13. The van der Waals surface area contributed by atoms with Crippen LogP contribution in [-0.4, -0.2) is 28.9 Å². The van der Waals surface area contributed by atoms with E-state index in [2.05, 4.69) is 82.9 Å². The molecule has 5 nitrogen and oxygen atoms in total. The van der Waals surface area contributed by atoms with Gasteiger partial charge in [0, 0.05) is 32.9 Å². The highest BCUT2D eigenvalue weighted by Crippen LogP contribution is 2.13. The second kappa shape index (κ2) is 7.07. The molecule has 0 unspecified atom stereocenters. The number of rotatable bonds is 6. The molecule has 23 heavy (non-hydrogen) atoms. The molecule has 0 aliphatic rings. The van der Waals surface area contributed by atoms with Gasteiger partial charge in [0.15, 0.2) is 0 Å². The predicted octanol–water partition coefficient (Wildman–Crippen LogP) is 2.62. The van der Waals surface area contributed by atoms with E-state index < -0.39 is 0 Å². The first-order valence-corrected chi connectivity index (χ1v) is 7.63. The third kappa shape index (κ3) is 3.96. The Morgan fingerprint density at radius 3 is 2.48 bits per heavy atom. The van der Waals surface area contributed by atoms with Crippen molar-refractivity contribution in [2.45, 2.75) is 13.1 Å². The lowest BCUT2D eigenvalue weighted by Gasteiger charge is -2.14. The summed E-state index contributed by atoms with van der Waals surface area (Å²) in [5.41, 5.74) is 4.78. The van der Waals surface area contributed by atoms with Gasteiger partial charge in [-0.15, -0.1) is 0 Å². The Balaban J connectivity index is 1.55. The number of nitrogens with one attached hydrogen (secondary N) is 1. The molecule has 3 aromatic rings. The van der Waals surface area contributed by atoms with Crippen LogP contribution >= 0.6 is 0 Å². The molecule has 0 saturated carbocycles. The quantitative estimate of drug-likeness (QED) is 0.760. The Morgan fingerprint density at radius 1 is 1.00 bits per heavy atom. The van der Waals surface area contributed by atoms with Crippen molar-refractivity contribution in [1.29, 1.82) is 0 Å². The second-order valence-corrected chi connectivity index (χ2v) is 5.67. The molecule has 0 bridgehead atoms. The molecule has 3 rings (SSSR count). The van der Waals surface area contributed by atoms with Crippen molar-refractivity contribution in [2.24, 2.45) is 0 Å². The van der Waals surface area contributed by atoms with Crippen LogP contribution in [0.15, 0.2) is 61.2 Å². The highest BCUT2D eigenvalue weighted by molar-refractivity contribution is 5.47. The highest BCUT2D eigenvalue weighted by Gasteiger charge is 2.00. The molecular formula is C18H21N5. The number of aromatic nitrogens is 3. The van der Waals surface area contributed by atoms with Crippen LogP contribution in [-0.2, 0) is 13.1 Å². The molecular weight excluding hydrogens is 286 g/mol. The van der Waals surface area contributed by atoms with Crippen LogP contribution in [0.3, 0.4) is 0 Å². The van der Waals surface area contributed by atoms with Crippen LogP contribution in [0, 0.1) is 0 Å². The molecule has 0 radical (unpaired) electrons. The van der Waals surface area contributed by atoms with Gasteiger partial charge in [0.2, 0.25) is 0 Å². The number of hydrogen-bond donors (Lipinski definition) is 1. The summed E-state index contributed by atoms with van der Waals surface area (Å²) in [7, 11) is 4.12. The SMILES string of the molecule is CN(C)c1cccc(CNCc2ccc(-n3cncn3)cc2)c1. The summed E-state index contributed by atoms with van der Waals surface area (Å²) in [4.78, 5) is 6.08. The summed E-state index contributed by atoms with van der Waals surface area (Å²) in [6, 6.07) is 16.9. The number of benzene rings is 2. The van der Waals surface area contributed by atoms with Gasteiger partial charge in [0.25, 0.3) is 0 Å². The van der Waals surface area contributed by atoms with Gasteiger partial charge in [-0.1, -0.05) is 24.3 Å². The van der Waals surface area contributed by atoms with Crippen LogP contribution in [0.5, 0.6) is 0 Å². The molecule has 118 valence electrons. The van der Waals surface area contributed by atoms with Crippen molar-refractivity contribution >= 4 is 5.69 Å². The van der Waals surface area contributed by atoms with E-state index >= 15 is 0 Å². The standard InChI is InChI=1S/C18H21N5/c1-22(2)18-5-3-4-16(10-18)12-19-11-15-6-8-17(9-7-15)23-14-20-13-21-23/h3-10,13-14,19H,11-12H2,1-2H3. The Kier molecular flexibility index (Phi) is 4.68. The highest BCUT2D eigenvalue weighted by atomic mass is 15.3. The van der Waals surface area contributed by atoms with Gasteiger partial charge in [-0.3, -0.25) is 0 Å². The normalized spacial score (nSPS) is 10.7. The zero-order chi connectivity index (χ0) is 16.1. The summed E-state index contributed by atoms with van der Waals surface area (Å²) in [5.74, 6) is 0. The second-order valence-electron chi connectivity index (χ2n) is 5.67. The minimum Gasteiger partial charge on any atom is -0.378 e. The number of anilines is 1. The fraction of sp³-hybridized carbons (Fsp3) is 0.222. The van der Waals surface area contributed by atoms with E-state index in [0.29, 0.717) is 0 Å². The fourth-order valence-electron chi connectivity index (χ4n) is 2.40. The van der Waals surface area contributed by atoms with E-state index in [4.69, 9.17) is 0 Å². The molecule has 0 aliphatic heterocycles. The zero-order valence-corrected chi connectivity index (χ0v) is 13.5. The molecule has 2 aromatic carbocycles. The third-order valence-electron chi connectivity index (χ3n) is 3.70. The minimum atomic E-state index is 0.837. The molecule has 0 spiro atoms. The molecule has 0 saturated heterocycles. The maximum atomic E-state index is 4.13. The summed E-state index contributed by atoms with van der Waals surface area (Å²) in [6.45, 7) is 1.69. The summed E-state index contributed by atoms with van der Waals surface area (Å²) in [5, 5.41) is 7.61. The van der Waals surface area contributed by atoms with Crippen molar-refractivity contribution in [3.05, 3.63) is 72.3 Å². The van der Waals surface area contributed by atoms with Gasteiger partial charge < -0.3 is 10.2 Å². The first kappa shape index (κ1) is 15.2. The molecule has 0 atom stereocenters. The van der Waals surface area contributed by atoms with Crippen LogP contribution in [0.4, 0.5) is 5.69 Å². The maximum Gasteiger partial charge on any atom is 0.138 e.